The average molecular weight is 494 g/mol. The molecule has 1 aliphatic carbocycles. The molecule has 4 rings (SSSR count). The van der Waals surface area contributed by atoms with Crippen molar-refractivity contribution in [3.63, 3.8) is 0 Å². The second kappa shape index (κ2) is 9.90. The summed E-state index contributed by atoms with van der Waals surface area (Å²) in [4.78, 5) is 25.6. The summed E-state index contributed by atoms with van der Waals surface area (Å²) in [6, 6.07) is 9.18. The number of fused-ring (bicyclic) bond motifs is 1. The van der Waals surface area contributed by atoms with Crippen LogP contribution in [0.25, 0.3) is 0 Å². The molecular formula is C29H32FNO5. The number of cyclic esters (lactones) is 1. The first kappa shape index (κ1) is 25.6. The molecule has 0 saturated heterocycles. The minimum Gasteiger partial charge on any atom is -0.496 e. The van der Waals surface area contributed by atoms with Gasteiger partial charge in [-0.25, -0.2) is 9.18 Å². The topological polar surface area (TPSA) is 84.9 Å². The minimum absolute atomic E-state index is 0.0143. The van der Waals surface area contributed by atoms with Crippen molar-refractivity contribution in [3.8, 4) is 5.75 Å². The lowest BCUT2D eigenvalue weighted by Crippen LogP contribution is -2.52. The van der Waals surface area contributed by atoms with Crippen molar-refractivity contribution in [2.24, 2.45) is 5.92 Å². The number of methoxy groups -OCH3 is 1. The Kier molecular flexibility index (Phi) is 7.05. The Balaban J connectivity index is 1.70. The van der Waals surface area contributed by atoms with Gasteiger partial charge < -0.3 is 19.9 Å². The largest absolute Gasteiger partial charge is 0.496 e. The molecule has 36 heavy (non-hydrogen) atoms. The number of carbonyl (C=O) groups excluding carboxylic acids is 2. The van der Waals surface area contributed by atoms with Gasteiger partial charge in [0.1, 0.15) is 18.2 Å². The third-order valence-corrected chi connectivity index (χ3v) is 7.26. The summed E-state index contributed by atoms with van der Waals surface area (Å²) in [6.45, 7) is 5.72. The predicted molar refractivity (Wildman–Crippen MR) is 135 cm³/mol. The minimum atomic E-state index is -1.83. The zero-order chi connectivity index (χ0) is 26.1. The Morgan fingerprint density at radius 2 is 2.03 bits per heavy atom. The molecule has 190 valence electrons. The highest BCUT2D eigenvalue weighted by Crippen LogP contribution is 2.43. The smallest absolute Gasteiger partial charge is 0.338 e. The van der Waals surface area contributed by atoms with Gasteiger partial charge in [-0.05, 0) is 61.1 Å². The van der Waals surface area contributed by atoms with Crippen molar-refractivity contribution >= 4 is 17.6 Å². The standard InChI is InChI=1S/C29H32FNO5/c1-18(19-8-6-5-7-9-19)29(34,17-28(2,3)24-15-21(30)10-13-25(24)35-4)27(33)31-22-11-12-23-20(14-22)16-36-26(23)32/h5-6,8,10-15,18,34H,7,9,16-17H2,1-4H3,(H,31,33). The fraction of sp³-hybridized carbons (Fsp3) is 0.379. The lowest BCUT2D eigenvalue weighted by molar-refractivity contribution is -0.140. The van der Waals surface area contributed by atoms with E-state index in [1.807, 2.05) is 39.0 Å². The summed E-state index contributed by atoms with van der Waals surface area (Å²) in [6.07, 6.45) is 7.50. The Hall–Kier alpha value is -3.45. The van der Waals surface area contributed by atoms with Gasteiger partial charge in [-0.15, -0.1) is 0 Å². The second-order valence-electron chi connectivity index (χ2n) is 10.2. The third-order valence-electron chi connectivity index (χ3n) is 7.26. The fourth-order valence-corrected chi connectivity index (χ4v) is 5.15. The average Bonchev–Trinajstić information content (AvgIpc) is 3.23. The van der Waals surface area contributed by atoms with Crippen molar-refractivity contribution in [2.75, 3.05) is 12.4 Å². The molecule has 2 aromatic carbocycles. The predicted octanol–water partition coefficient (Wildman–Crippen LogP) is 5.45. The van der Waals surface area contributed by atoms with E-state index in [4.69, 9.17) is 9.47 Å². The number of carbonyl (C=O) groups is 2. The molecule has 1 aliphatic heterocycles. The van der Waals surface area contributed by atoms with E-state index in [1.54, 1.807) is 24.3 Å². The van der Waals surface area contributed by atoms with E-state index in [9.17, 15) is 19.1 Å². The first-order chi connectivity index (χ1) is 17.0. The highest BCUT2D eigenvalue weighted by Gasteiger charge is 2.47. The Morgan fingerprint density at radius 3 is 2.72 bits per heavy atom. The highest BCUT2D eigenvalue weighted by molar-refractivity contribution is 5.99. The Labute approximate surface area is 210 Å². The van der Waals surface area contributed by atoms with E-state index in [2.05, 4.69) is 5.32 Å². The summed E-state index contributed by atoms with van der Waals surface area (Å²) in [5.74, 6) is -1.41. The van der Waals surface area contributed by atoms with Gasteiger partial charge in [0.05, 0.1) is 12.7 Å². The van der Waals surface area contributed by atoms with Crippen LogP contribution in [0.2, 0.25) is 0 Å². The molecule has 0 fully saturated rings. The van der Waals surface area contributed by atoms with E-state index in [0.717, 1.165) is 18.4 Å². The van der Waals surface area contributed by atoms with Crippen molar-refractivity contribution in [2.45, 2.75) is 57.7 Å². The van der Waals surface area contributed by atoms with Gasteiger partial charge in [-0.1, -0.05) is 44.6 Å². The molecule has 2 atom stereocenters. The lowest BCUT2D eigenvalue weighted by atomic mass is 9.68. The first-order valence-corrected chi connectivity index (χ1v) is 12.1. The molecule has 2 unspecified atom stereocenters. The third kappa shape index (κ3) is 4.93. The maximum atomic E-state index is 14.2. The SMILES string of the molecule is COc1ccc(F)cc1C(C)(C)CC(O)(C(=O)Nc1ccc2c(c1)COC2=O)C(C)C1=CC=CCC1. The lowest BCUT2D eigenvalue weighted by Gasteiger charge is -2.41. The van der Waals surface area contributed by atoms with Gasteiger partial charge >= 0.3 is 5.97 Å². The number of benzene rings is 2. The van der Waals surface area contributed by atoms with Gasteiger partial charge in [0.25, 0.3) is 5.91 Å². The quantitative estimate of drug-likeness (QED) is 0.478. The number of hydrogen-bond donors (Lipinski definition) is 2. The number of halogens is 1. The van der Waals surface area contributed by atoms with Crippen LogP contribution in [-0.2, 0) is 21.6 Å². The Bertz CT molecular complexity index is 1250. The normalized spacial score (nSPS) is 17.5. The number of rotatable bonds is 8. The molecule has 1 amide bonds. The van der Waals surface area contributed by atoms with Gasteiger partial charge in [0.15, 0.2) is 5.60 Å². The van der Waals surface area contributed by atoms with E-state index in [0.29, 0.717) is 28.1 Å². The summed E-state index contributed by atoms with van der Waals surface area (Å²) in [7, 11) is 1.51. The summed E-state index contributed by atoms with van der Waals surface area (Å²) in [5.41, 5.74) is 0.482. The van der Waals surface area contributed by atoms with Crippen LogP contribution in [0.15, 0.2) is 60.2 Å². The second-order valence-corrected chi connectivity index (χ2v) is 10.2. The van der Waals surface area contributed by atoms with Crippen LogP contribution in [0, 0.1) is 11.7 Å². The molecule has 2 aliphatic rings. The molecule has 6 nitrogen and oxygen atoms in total. The van der Waals surface area contributed by atoms with Crippen LogP contribution in [0.3, 0.4) is 0 Å². The molecule has 2 N–H and O–H groups in total. The van der Waals surface area contributed by atoms with Crippen LogP contribution in [0.5, 0.6) is 5.75 Å². The van der Waals surface area contributed by atoms with Crippen molar-refractivity contribution in [1.29, 1.82) is 0 Å². The molecule has 1 heterocycles. The first-order valence-electron chi connectivity index (χ1n) is 12.1. The van der Waals surface area contributed by atoms with E-state index in [1.165, 1.54) is 19.2 Å². The maximum absolute atomic E-state index is 14.2. The summed E-state index contributed by atoms with van der Waals surface area (Å²) >= 11 is 0. The monoisotopic (exact) mass is 493 g/mol. The van der Waals surface area contributed by atoms with Crippen LogP contribution >= 0.6 is 0 Å². The van der Waals surface area contributed by atoms with Crippen LogP contribution < -0.4 is 10.1 Å². The number of hydrogen-bond acceptors (Lipinski definition) is 5. The molecule has 0 saturated carbocycles. The molecular weight excluding hydrogens is 461 g/mol. The number of ether oxygens (including phenoxy) is 2. The number of amides is 1. The molecule has 2 aromatic rings. The van der Waals surface area contributed by atoms with Crippen molar-refractivity contribution < 1.29 is 28.6 Å². The fourth-order valence-electron chi connectivity index (χ4n) is 5.15. The van der Waals surface area contributed by atoms with Gasteiger partial charge in [0.2, 0.25) is 0 Å². The van der Waals surface area contributed by atoms with Gasteiger partial charge in [0, 0.05) is 22.7 Å². The maximum Gasteiger partial charge on any atom is 0.338 e. The molecule has 0 aromatic heterocycles. The van der Waals surface area contributed by atoms with Crippen LogP contribution in [0.4, 0.5) is 10.1 Å². The molecule has 0 spiro atoms. The van der Waals surface area contributed by atoms with E-state index < -0.39 is 34.6 Å². The van der Waals surface area contributed by atoms with E-state index >= 15 is 0 Å². The number of aliphatic hydroxyl groups is 1. The van der Waals surface area contributed by atoms with Gasteiger partial charge in [-0.3, -0.25) is 4.79 Å². The number of esters is 1. The van der Waals surface area contributed by atoms with E-state index in [-0.39, 0.29) is 13.0 Å². The molecule has 7 heteroatoms. The molecule has 0 bridgehead atoms. The van der Waals surface area contributed by atoms with Crippen molar-refractivity contribution in [1.82, 2.24) is 0 Å². The van der Waals surface area contributed by atoms with Crippen LogP contribution in [0.1, 0.15) is 61.5 Å². The number of anilines is 1. The summed E-state index contributed by atoms with van der Waals surface area (Å²) in [5, 5.41) is 15.0. The number of nitrogens with one attached hydrogen (secondary N) is 1. The van der Waals surface area contributed by atoms with Gasteiger partial charge in [-0.2, -0.15) is 0 Å². The zero-order valence-corrected chi connectivity index (χ0v) is 21.1. The molecule has 0 radical (unpaired) electrons. The number of allylic oxidation sites excluding steroid dienone is 3. The van der Waals surface area contributed by atoms with Crippen LogP contribution in [-0.4, -0.2) is 29.7 Å². The summed E-state index contributed by atoms with van der Waals surface area (Å²) < 4.78 is 24.8. The Morgan fingerprint density at radius 1 is 1.25 bits per heavy atom. The zero-order valence-electron chi connectivity index (χ0n) is 21.1. The highest BCUT2D eigenvalue weighted by atomic mass is 19.1. The van der Waals surface area contributed by atoms with Crippen molar-refractivity contribution in [3.05, 3.63) is 82.7 Å².